The number of nitrogens with zero attached hydrogens (tertiary/aromatic N) is 2. The first kappa shape index (κ1) is 49.9. The lowest BCUT2D eigenvalue weighted by molar-refractivity contribution is 0.485. The Hall–Kier alpha value is -7.02. The minimum Gasteiger partial charge on any atom is -0.378 e. The minimum atomic E-state index is -4.27. The van der Waals surface area contributed by atoms with Crippen molar-refractivity contribution in [1.29, 1.82) is 0 Å². The third-order valence-electron chi connectivity index (χ3n) is 14.5. The van der Waals surface area contributed by atoms with Crippen molar-refractivity contribution in [1.82, 2.24) is 19.9 Å². The highest BCUT2D eigenvalue weighted by molar-refractivity contribution is 7.87. The first-order chi connectivity index (χ1) is 33.8. The minimum absolute atomic E-state index is 0.0546. The molecule has 0 fully saturated rings. The molecule has 2 aliphatic heterocycles. The monoisotopic (exact) mass is 998 g/mol. The summed E-state index contributed by atoms with van der Waals surface area (Å²) in [4.78, 5) is 18.4. The van der Waals surface area contributed by atoms with Crippen LogP contribution in [0.5, 0.6) is 11.5 Å². The van der Waals surface area contributed by atoms with Crippen LogP contribution in [0.2, 0.25) is 0 Å². The van der Waals surface area contributed by atoms with Gasteiger partial charge in [0.05, 0.1) is 33.8 Å². The number of fused-ring (bicyclic) bond motifs is 8. The molecule has 72 heavy (non-hydrogen) atoms. The van der Waals surface area contributed by atoms with Gasteiger partial charge in [0.15, 0.2) is 11.5 Å². The van der Waals surface area contributed by atoms with Crippen LogP contribution in [0, 0.1) is 27.7 Å². The zero-order valence-corrected chi connectivity index (χ0v) is 45.2. The summed E-state index contributed by atoms with van der Waals surface area (Å²) in [6, 6.07) is 32.2. The van der Waals surface area contributed by atoms with E-state index < -0.39 is 20.2 Å². The van der Waals surface area contributed by atoms with Gasteiger partial charge in [0.2, 0.25) is 0 Å². The van der Waals surface area contributed by atoms with E-state index in [4.69, 9.17) is 18.3 Å². The largest absolute Gasteiger partial charge is 0.378 e. The molecule has 3 aromatic heterocycles. The molecule has 0 unspecified atom stereocenters. The summed E-state index contributed by atoms with van der Waals surface area (Å²) < 4.78 is 68.8. The first-order valence-electron chi connectivity index (χ1n) is 24.2. The predicted octanol–water partition coefficient (Wildman–Crippen LogP) is 14.9. The number of hydrogen-bond acceptors (Lipinski definition) is 8. The molecule has 4 aromatic carbocycles. The summed E-state index contributed by atoms with van der Waals surface area (Å²) in [6.45, 7) is 28.9. The molecule has 12 heteroatoms. The number of para-hydroxylation sites is 2. The van der Waals surface area contributed by atoms with E-state index in [9.17, 15) is 16.8 Å². The molecule has 10 nitrogen and oxygen atoms in total. The van der Waals surface area contributed by atoms with Crippen LogP contribution in [0.1, 0.15) is 125 Å². The average Bonchev–Trinajstić information content (AvgIpc) is 3.97. The topological polar surface area (TPSA) is 144 Å². The quantitative estimate of drug-likeness (QED) is 0.143. The van der Waals surface area contributed by atoms with Crippen molar-refractivity contribution in [2.45, 2.75) is 118 Å². The maximum Gasteiger partial charge on any atom is 0.339 e. The molecular weight excluding hydrogens is 937 g/mol. The highest BCUT2D eigenvalue weighted by atomic mass is 32.2. The number of aryl methyl sites for hydroxylation is 4. The fourth-order valence-corrected chi connectivity index (χ4v) is 11.3. The average molecular weight is 999 g/mol. The fraction of sp³-hybridized carbons (Fsp3) is 0.267. The van der Waals surface area contributed by atoms with Gasteiger partial charge in [0, 0.05) is 33.3 Å². The summed E-state index contributed by atoms with van der Waals surface area (Å²) in [5, 5.41) is 0. The lowest BCUT2D eigenvalue weighted by Crippen LogP contribution is -2.13. The van der Waals surface area contributed by atoms with Crippen molar-refractivity contribution >= 4 is 64.6 Å². The summed E-state index contributed by atoms with van der Waals surface area (Å²) >= 11 is 0. The van der Waals surface area contributed by atoms with Crippen LogP contribution in [0.15, 0.2) is 119 Å². The Bertz CT molecular complexity index is 3610. The molecule has 0 amide bonds. The number of rotatable bonds is 8. The van der Waals surface area contributed by atoms with Gasteiger partial charge >= 0.3 is 20.2 Å². The Morgan fingerprint density at radius 3 is 1.10 bits per heavy atom. The molecule has 0 aliphatic carbocycles. The third-order valence-corrected chi connectivity index (χ3v) is 17.0. The van der Waals surface area contributed by atoms with Gasteiger partial charge in [-0.3, -0.25) is 0 Å². The second-order valence-electron chi connectivity index (χ2n) is 21.2. The Morgan fingerprint density at radius 2 is 0.764 bits per heavy atom. The third kappa shape index (κ3) is 8.89. The van der Waals surface area contributed by atoms with Crippen LogP contribution in [0.3, 0.4) is 0 Å². The number of H-pyrrole nitrogens is 2. The van der Waals surface area contributed by atoms with Crippen molar-refractivity contribution in [3.8, 4) is 33.8 Å². The summed E-state index contributed by atoms with van der Waals surface area (Å²) in [5.41, 5.74) is 17.6. The van der Waals surface area contributed by atoms with E-state index in [1.165, 1.54) is 0 Å². The van der Waals surface area contributed by atoms with E-state index >= 15 is 0 Å². The number of hydrogen-bond donors (Lipinski definition) is 2. The number of aromatic nitrogens is 4. The molecule has 0 atom stereocenters. The molecule has 2 aliphatic rings. The number of nitrogens with one attached hydrogen (secondary N) is 2. The molecule has 0 saturated carbocycles. The van der Waals surface area contributed by atoms with Crippen LogP contribution in [-0.4, -0.2) is 36.8 Å². The molecule has 0 spiro atoms. The van der Waals surface area contributed by atoms with Crippen LogP contribution in [-0.2, 0) is 31.1 Å². The zero-order valence-electron chi connectivity index (χ0n) is 43.6. The Labute approximate surface area is 424 Å². The van der Waals surface area contributed by atoms with E-state index in [1.54, 1.807) is 48.5 Å². The molecule has 7 aromatic rings. The number of benzene rings is 4. The second kappa shape index (κ2) is 17.9. The van der Waals surface area contributed by atoms with Crippen molar-refractivity contribution in [3.63, 3.8) is 0 Å². The Morgan fingerprint density at radius 1 is 0.431 bits per heavy atom. The Balaban J connectivity index is 1.31. The highest BCUT2D eigenvalue weighted by Gasteiger charge is 2.29. The first-order valence-corrected chi connectivity index (χ1v) is 27.0. The van der Waals surface area contributed by atoms with E-state index in [0.29, 0.717) is 33.6 Å². The molecule has 0 radical (unpaired) electrons. The van der Waals surface area contributed by atoms with Crippen LogP contribution in [0.4, 0.5) is 0 Å². The van der Waals surface area contributed by atoms with Gasteiger partial charge in [-0.15, -0.1) is 0 Å². The van der Waals surface area contributed by atoms with Gasteiger partial charge in [0.1, 0.15) is 9.79 Å². The summed E-state index contributed by atoms with van der Waals surface area (Å²) in [5.74, 6) is 0.329. The summed E-state index contributed by atoms with van der Waals surface area (Å²) in [6.07, 6.45) is 0. The smallest absolute Gasteiger partial charge is 0.339 e. The maximum atomic E-state index is 14.1. The van der Waals surface area contributed by atoms with Gasteiger partial charge in [-0.1, -0.05) is 102 Å². The normalized spacial score (nSPS) is 13.5. The predicted molar refractivity (Wildman–Crippen MR) is 293 cm³/mol. The molecule has 0 saturated heterocycles. The van der Waals surface area contributed by atoms with Crippen molar-refractivity contribution in [3.05, 3.63) is 165 Å². The van der Waals surface area contributed by atoms with E-state index in [-0.39, 0.29) is 32.1 Å². The molecule has 2 N–H and O–H groups in total. The number of allylic oxidation sites excluding steroid dienone is 4. The van der Waals surface area contributed by atoms with Crippen molar-refractivity contribution in [2.75, 3.05) is 0 Å². The van der Waals surface area contributed by atoms with Gasteiger partial charge in [0.25, 0.3) is 0 Å². The van der Waals surface area contributed by atoms with E-state index in [1.807, 2.05) is 102 Å². The molecule has 8 bridgehead atoms. The lowest BCUT2D eigenvalue weighted by atomic mass is 9.87. The van der Waals surface area contributed by atoms with Gasteiger partial charge in [-0.05, 0) is 170 Å². The Kier molecular flexibility index (Phi) is 12.4. The fourth-order valence-electron chi connectivity index (χ4n) is 9.40. The number of aromatic amines is 2. The molecule has 370 valence electrons. The van der Waals surface area contributed by atoms with Crippen LogP contribution < -0.4 is 8.37 Å². The molecule has 9 rings (SSSR count). The molecular formula is C60H62N4O6S2. The van der Waals surface area contributed by atoms with Gasteiger partial charge in [-0.25, -0.2) is 9.97 Å². The van der Waals surface area contributed by atoms with E-state index in [2.05, 4.69) is 65.4 Å². The SMILES string of the molecule is CC1=C(C)c2nc1cc1[nH]c(c(C)c1C)c(-c1ccccc1OS(=O)(=O)c1ccc(C(C)(C)C)cc1)c1nc(cc3[nH]c(c(C)c3C)c2-c2ccccc2OS(=O)(=O)c2ccc(C(C)(C)C)cc2)C(C)=C1C. The van der Waals surface area contributed by atoms with Gasteiger partial charge < -0.3 is 18.3 Å². The maximum absolute atomic E-state index is 14.1. The van der Waals surface area contributed by atoms with Gasteiger partial charge in [-0.2, -0.15) is 16.8 Å². The molecule has 5 heterocycles. The zero-order chi connectivity index (χ0) is 52.0. The summed E-state index contributed by atoms with van der Waals surface area (Å²) in [7, 11) is -8.54. The van der Waals surface area contributed by atoms with E-state index in [0.717, 1.165) is 89.1 Å². The second-order valence-corrected chi connectivity index (χ2v) is 24.3. The van der Waals surface area contributed by atoms with Crippen LogP contribution in [0.25, 0.3) is 66.6 Å². The lowest BCUT2D eigenvalue weighted by Gasteiger charge is -2.19. The van der Waals surface area contributed by atoms with Crippen LogP contribution >= 0.6 is 0 Å². The van der Waals surface area contributed by atoms with Crippen molar-refractivity contribution in [2.24, 2.45) is 0 Å². The highest BCUT2D eigenvalue weighted by Crippen LogP contribution is 2.46. The standard InChI is InChI=1S/C60H62N4O6S2/c1-33-37(5)55-53(45-19-15-17-21-51(45)69-71(65,66)43-27-23-41(24-28-43)59(9,10)11)56-39(7)35(3)49(63-56)32-50-36(4)40(8)58(64-50)54(57-38(6)34(2)48(62-57)31-47(33)61-55)46-20-16-18-22-52(46)70-72(67,68)44-29-25-42(26-30-44)60(12,13)14/h15-32,61,64H,1-14H3. The van der Waals surface area contributed by atoms with Crippen molar-refractivity contribution < 1.29 is 25.2 Å².